The first-order valence-corrected chi connectivity index (χ1v) is 10.6. The number of nitro benzene ring substituents is 1. The number of benzene rings is 3. The molecule has 0 radical (unpaired) electrons. The molecule has 0 unspecified atom stereocenters. The molecule has 0 spiro atoms. The molecule has 0 amide bonds. The Morgan fingerprint density at radius 1 is 1.15 bits per heavy atom. The number of halogens is 2. The van der Waals surface area contributed by atoms with Gasteiger partial charge in [-0.25, -0.2) is 4.79 Å². The molecule has 1 N–H and O–H groups in total. The lowest BCUT2D eigenvalue weighted by Crippen LogP contribution is -2.32. The molecule has 11 heteroatoms. The third-order valence-electron chi connectivity index (χ3n) is 4.68. The fourth-order valence-electron chi connectivity index (χ4n) is 3.10. The number of hydrogen-bond acceptors (Lipinski definition) is 6. The van der Waals surface area contributed by atoms with Crippen LogP contribution in [-0.2, 0) is 6.61 Å². The number of para-hydroxylation sites is 1. The molecule has 3 aromatic carbocycles. The summed E-state index contributed by atoms with van der Waals surface area (Å²) >= 11 is 9.41. The summed E-state index contributed by atoms with van der Waals surface area (Å²) in [6, 6.07) is 16.3. The second-order valence-electron chi connectivity index (χ2n) is 6.83. The van der Waals surface area contributed by atoms with Gasteiger partial charge >= 0.3 is 11.4 Å². The van der Waals surface area contributed by atoms with E-state index in [0.717, 1.165) is 0 Å². The maximum atomic E-state index is 12.6. The van der Waals surface area contributed by atoms with Crippen molar-refractivity contribution < 1.29 is 9.66 Å². The van der Waals surface area contributed by atoms with Crippen LogP contribution in [0.2, 0.25) is 5.02 Å². The average molecular weight is 530 g/mol. The van der Waals surface area contributed by atoms with Gasteiger partial charge in [-0.1, -0.05) is 41.9 Å². The van der Waals surface area contributed by atoms with E-state index in [-0.39, 0.29) is 29.0 Å². The predicted molar refractivity (Wildman–Crippen MR) is 128 cm³/mol. The molecule has 1 aromatic heterocycles. The molecule has 4 aromatic rings. The summed E-state index contributed by atoms with van der Waals surface area (Å²) in [7, 11) is 0. The van der Waals surface area contributed by atoms with E-state index in [9.17, 15) is 19.7 Å². The first-order chi connectivity index (χ1) is 15.8. The standard InChI is InChI=1S/C22H14BrClN4O5/c23-16-9-13(11-25-27-21(29)15-6-2-4-8-18(15)26-22(27)30)10-19(28(31)32)20(16)33-12-14-5-1-3-7-17(14)24/h1-11H,12H2,(H,26,30). The van der Waals surface area contributed by atoms with Crippen LogP contribution < -0.4 is 16.0 Å². The lowest BCUT2D eigenvalue weighted by molar-refractivity contribution is -0.386. The van der Waals surface area contributed by atoms with Crippen LogP contribution in [0.1, 0.15) is 11.1 Å². The highest BCUT2D eigenvalue weighted by atomic mass is 79.9. The van der Waals surface area contributed by atoms with E-state index < -0.39 is 16.2 Å². The summed E-state index contributed by atoms with van der Waals surface area (Å²) in [5.41, 5.74) is -0.337. The van der Waals surface area contributed by atoms with Crippen LogP contribution in [0.3, 0.4) is 0 Å². The summed E-state index contributed by atoms with van der Waals surface area (Å²) in [5.74, 6) is 0.0118. The summed E-state index contributed by atoms with van der Waals surface area (Å²) in [6.45, 7) is 0.0222. The zero-order chi connectivity index (χ0) is 23.5. The minimum atomic E-state index is -0.733. The quantitative estimate of drug-likeness (QED) is 0.224. The zero-order valence-corrected chi connectivity index (χ0v) is 19.0. The lowest BCUT2D eigenvalue weighted by atomic mass is 10.2. The molecule has 0 fully saturated rings. The molecule has 33 heavy (non-hydrogen) atoms. The Morgan fingerprint density at radius 2 is 1.88 bits per heavy atom. The summed E-state index contributed by atoms with van der Waals surface area (Å²) in [4.78, 5) is 38.5. The molecule has 0 bridgehead atoms. The Hall–Kier alpha value is -3.76. The SMILES string of the molecule is O=c1[nH]c2ccccc2c(=O)n1N=Cc1cc(Br)c(OCc2ccccc2Cl)c([N+](=O)[O-])c1. The molecular formula is C22H14BrClN4O5. The maximum Gasteiger partial charge on any atom is 0.349 e. The molecule has 0 saturated carbocycles. The van der Waals surface area contributed by atoms with Gasteiger partial charge in [-0.3, -0.25) is 14.9 Å². The minimum absolute atomic E-state index is 0.0118. The highest BCUT2D eigenvalue weighted by Crippen LogP contribution is 2.37. The largest absolute Gasteiger partial charge is 0.481 e. The molecule has 0 saturated heterocycles. The van der Waals surface area contributed by atoms with E-state index in [2.05, 4.69) is 26.0 Å². The Kier molecular flexibility index (Phi) is 6.38. The van der Waals surface area contributed by atoms with E-state index >= 15 is 0 Å². The number of ether oxygens (including phenoxy) is 1. The van der Waals surface area contributed by atoms with Gasteiger partial charge < -0.3 is 9.72 Å². The number of nitro groups is 1. The number of aromatic amines is 1. The highest BCUT2D eigenvalue weighted by molar-refractivity contribution is 9.10. The van der Waals surface area contributed by atoms with Crippen LogP contribution in [-0.4, -0.2) is 20.8 Å². The van der Waals surface area contributed by atoms with Crippen molar-refractivity contribution in [3.8, 4) is 5.75 Å². The van der Waals surface area contributed by atoms with Gasteiger partial charge in [0.1, 0.15) is 6.61 Å². The van der Waals surface area contributed by atoms with Gasteiger partial charge in [0.2, 0.25) is 5.75 Å². The number of rotatable bonds is 6. The number of H-pyrrole nitrogens is 1. The second kappa shape index (κ2) is 9.39. The summed E-state index contributed by atoms with van der Waals surface area (Å²) in [5, 5.41) is 16.4. The lowest BCUT2D eigenvalue weighted by Gasteiger charge is -2.10. The number of fused-ring (bicyclic) bond motifs is 1. The van der Waals surface area contributed by atoms with E-state index in [0.29, 0.717) is 25.3 Å². The highest BCUT2D eigenvalue weighted by Gasteiger charge is 2.20. The fourth-order valence-corrected chi connectivity index (χ4v) is 3.87. The van der Waals surface area contributed by atoms with Crippen molar-refractivity contribution in [2.24, 2.45) is 5.10 Å². The molecule has 0 aliphatic carbocycles. The summed E-state index contributed by atoms with van der Waals surface area (Å²) < 4.78 is 6.63. The number of nitrogens with one attached hydrogen (secondary N) is 1. The smallest absolute Gasteiger partial charge is 0.349 e. The first kappa shape index (κ1) is 22.4. The van der Waals surface area contributed by atoms with Crippen molar-refractivity contribution in [1.29, 1.82) is 0 Å². The van der Waals surface area contributed by atoms with E-state index in [1.54, 1.807) is 48.5 Å². The van der Waals surface area contributed by atoms with Crippen LogP contribution in [0.15, 0.2) is 79.8 Å². The first-order valence-electron chi connectivity index (χ1n) is 9.47. The third kappa shape index (κ3) is 4.71. The molecular weight excluding hydrogens is 516 g/mol. The van der Waals surface area contributed by atoms with Crippen LogP contribution in [0, 0.1) is 10.1 Å². The topological polar surface area (TPSA) is 120 Å². The number of nitrogens with zero attached hydrogens (tertiary/aromatic N) is 3. The van der Waals surface area contributed by atoms with Crippen molar-refractivity contribution >= 4 is 50.3 Å². The maximum absolute atomic E-state index is 12.6. The van der Waals surface area contributed by atoms with E-state index in [1.807, 2.05) is 0 Å². The summed E-state index contributed by atoms with van der Waals surface area (Å²) in [6.07, 6.45) is 1.18. The van der Waals surface area contributed by atoms with Gasteiger partial charge in [0.05, 0.1) is 26.5 Å². The normalized spacial score (nSPS) is 11.2. The third-order valence-corrected chi connectivity index (χ3v) is 5.64. The van der Waals surface area contributed by atoms with Gasteiger partial charge in [-0.05, 0) is 40.2 Å². The minimum Gasteiger partial charge on any atom is -0.481 e. The van der Waals surface area contributed by atoms with Crippen LogP contribution in [0.25, 0.3) is 10.9 Å². The second-order valence-corrected chi connectivity index (χ2v) is 8.09. The van der Waals surface area contributed by atoms with Crippen LogP contribution in [0.4, 0.5) is 5.69 Å². The van der Waals surface area contributed by atoms with Gasteiger partial charge in [-0.2, -0.15) is 5.10 Å². The molecule has 1 heterocycles. The predicted octanol–water partition coefficient (Wildman–Crippen LogP) is 4.48. The Bertz CT molecular complexity index is 1530. The fraction of sp³-hybridized carbons (Fsp3) is 0.0455. The monoisotopic (exact) mass is 528 g/mol. The van der Waals surface area contributed by atoms with E-state index in [1.165, 1.54) is 18.3 Å². The molecule has 0 aliphatic heterocycles. The molecule has 0 atom stereocenters. The molecule has 9 nitrogen and oxygen atoms in total. The number of aromatic nitrogens is 2. The Morgan fingerprint density at radius 3 is 2.64 bits per heavy atom. The zero-order valence-electron chi connectivity index (χ0n) is 16.7. The Balaban J connectivity index is 1.69. The number of hydrogen-bond donors (Lipinski definition) is 1. The van der Waals surface area contributed by atoms with Gasteiger partial charge in [0, 0.05) is 22.2 Å². The van der Waals surface area contributed by atoms with Crippen molar-refractivity contribution in [3.05, 3.63) is 112 Å². The molecule has 4 rings (SSSR count). The van der Waals surface area contributed by atoms with Crippen LogP contribution >= 0.6 is 27.5 Å². The van der Waals surface area contributed by atoms with E-state index in [4.69, 9.17) is 16.3 Å². The van der Waals surface area contributed by atoms with Crippen LogP contribution in [0.5, 0.6) is 5.75 Å². The van der Waals surface area contributed by atoms with Gasteiger partial charge in [-0.15, -0.1) is 4.68 Å². The van der Waals surface area contributed by atoms with Gasteiger partial charge in [0.15, 0.2) is 0 Å². The van der Waals surface area contributed by atoms with Crippen molar-refractivity contribution in [2.45, 2.75) is 6.61 Å². The van der Waals surface area contributed by atoms with Crippen molar-refractivity contribution in [1.82, 2.24) is 9.66 Å². The van der Waals surface area contributed by atoms with Crippen molar-refractivity contribution in [3.63, 3.8) is 0 Å². The molecule has 0 aliphatic rings. The van der Waals surface area contributed by atoms with Gasteiger partial charge in [0.25, 0.3) is 5.56 Å². The molecule has 166 valence electrons. The Labute approximate surface area is 199 Å². The average Bonchev–Trinajstić information content (AvgIpc) is 2.79. The van der Waals surface area contributed by atoms with Crippen molar-refractivity contribution in [2.75, 3.05) is 0 Å².